The SMILES string of the molecule is CC(C)Cc1ccc(S(=O)(=O)Nc2ccc(N(C)Cc3ccccc3)c(C(=O)O)c2)cc1.O=C(O)C(F)(F)F. The molecule has 3 rings (SSSR count). The third-order valence-electron chi connectivity index (χ3n) is 5.27. The van der Waals surface area contributed by atoms with Crippen molar-refractivity contribution in [1.82, 2.24) is 0 Å². The van der Waals surface area contributed by atoms with Gasteiger partial charge in [-0.3, -0.25) is 4.72 Å². The largest absolute Gasteiger partial charge is 0.490 e. The first-order valence-corrected chi connectivity index (χ1v) is 13.1. The van der Waals surface area contributed by atoms with Crippen LogP contribution >= 0.6 is 0 Å². The third-order valence-corrected chi connectivity index (χ3v) is 6.67. The predicted octanol–water partition coefficient (Wildman–Crippen LogP) is 5.65. The van der Waals surface area contributed by atoms with E-state index in [1.54, 1.807) is 43.4 Å². The molecule has 0 radical (unpaired) electrons. The van der Waals surface area contributed by atoms with E-state index in [0.29, 0.717) is 18.2 Å². The number of anilines is 2. The number of nitrogens with zero attached hydrogens (tertiary/aromatic N) is 1. The standard InChI is InChI=1S/C25H28N2O4S.C2HF3O2/c1-18(2)15-19-9-12-22(13-10-19)32(30,31)26-21-11-14-24(23(16-21)25(28)29)27(3)17-20-7-5-4-6-8-20;3-2(4,5)1(6)7/h4-14,16,18,26H,15,17H2,1-3H3,(H,28,29);(H,6,7). The van der Waals surface area contributed by atoms with Crippen molar-refractivity contribution in [3.63, 3.8) is 0 Å². The Labute approximate surface area is 224 Å². The summed E-state index contributed by atoms with van der Waals surface area (Å²) in [6.07, 6.45) is -4.21. The fourth-order valence-corrected chi connectivity index (χ4v) is 4.59. The molecule has 8 nitrogen and oxygen atoms in total. The lowest BCUT2D eigenvalue weighted by Crippen LogP contribution is -2.21. The topological polar surface area (TPSA) is 124 Å². The van der Waals surface area contributed by atoms with Crippen LogP contribution in [0.2, 0.25) is 0 Å². The predicted molar refractivity (Wildman–Crippen MR) is 141 cm³/mol. The minimum atomic E-state index is -5.08. The van der Waals surface area contributed by atoms with E-state index in [-0.39, 0.29) is 16.1 Å². The van der Waals surface area contributed by atoms with Crippen LogP contribution in [0.3, 0.4) is 0 Å². The zero-order valence-corrected chi connectivity index (χ0v) is 22.3. The highest BCUT2D eigenvalue weighted by Crippen LogP contribution is 2.27. The van der Waals surface area contributed by atoms with Crippen LogP contribution in [0.4, 0.5) is 24.5 Å². The number of hydrogen-bond donors (Lipinski definition) is 3. The molecule has 0 atom stereocenters. The van der Waals surface area contributed by atoms with Gasteiger partial charge in [0.05, 0.1) is 16.1 Å². The summed E-state index contributed by atoms with van der Waals surface area (Å²) >= 11 is 0. The molecule has 0 spiro atoms. The van der Waals surface area contributed by atoms with E-state index in [0.717, 1.165) is 17.5 Å². The fourth-order valence-electron chi connectivity index (χ4n) is 3.54. The number of benzene rings is 3. The van der Waals surface area contributed by atoms with Crippen LogP contribution < -0.4 is 9.62 Å². The number of nitrogens with one attached hydrogen (secondary N) is 1. The van der Waals surface area contributed by atoms with Gasteiger partial charge in [-0.1, -0.05) is 56.3 Å². The molecule has 0 aliphatic heterocycles. The van der Waals surface area contributed by atoms with Crippen LogP contribution in [0.1, 0.15) is 35.3 Å². The van der Waals surface area contributed by atoms with Gasteiger partial charge in [0.1, 0.15) is 0 Å². The van der Waals surface area contributed by atoms with Crippen molar-refractivity contribution in [3.8, 4) is 0 Å². The lowest BCUT2D eigenvalue weighted by molar-refractivity contribution is -0.192. The Morgan fingerprint density at radius 2 is 1.49 bits per heavy atom. The molecule has 0 saturated carbocycles. The Bertz CT molecular complexity index is 1380. The van der Waals surface area contributed by atoms with Crippen LogP contribution in [0.5, 0.6) is 0 Å². The number of carbonyl (C=O) groups is 2. The summed E-state index contributed by atoms with van der Waals surface area (Å²) in [4.78, 5) is 22.7. The van der Waals surface area contributed by atoms with Gasteiger partial charge in [0.15, 0.2) is 0 Å². The molecule has 3 aromatic rings. The minimum Gasteiger partial charge on any atom is -0.478 e. The number of alkyl halides is 3. The van der Waals surface area contributed by atoms with Gasteiger partial charge >= 0.3 is 18.1 Å². The molecule has 0 heterocycles. The highest BCUT2D eigenvalue weighted by atomic mass is 32.2. The second-order valence-electron chi connectivity index (χ2n) is 9.03. The van der Waals surface area contributed by atoms with E-state index in [2.05, 4.69) is 18.6 Å². The maximum Gasteiger partial charge on any atom is 0.490 e. The lowest BCUT2D eigenvalue weighted by Gasteiger charge is -2.22. The van der Waals surface area contributed by atoms with E-state index < -0.39 is 28.1 Å². The Morgan fingerprint density at radius 1 is 0.923 bits per heavy atom. The molecule has 3 N–H and O–H groups in total. The van der Waals surface area contributed by atoms with Crippen molar-refractivity contribution in [2.75, 3.05) is 16.7 Å². The van der Waals surface area contributed by atoms with Crippen molar-refractivity contribution in [3.05, 3.63) is 89.5 Å². The van der Waals surface area contributed by atoms with E-state index in [1.165, 1.54) is 6.07 Å². The van der Waals surface area contributed by atoms with Gasteiger partial charge in [-0.05, 0) is 53.8 Å². The molecule has 0 aromatic heterocycles. The fraction of sp³-hybridized carbons (Fsp3) is 0.259. The Hall–Kier alpha value is -4.06. The van der Waals surface area contributed by atoms with E-state index in [4.69, 9.17) is 9.90 Å². The molecule has 39 heavy (non-hydrogen) atoms. The van der Waals surface area contributed by atoms with Crippen molar-refractivity contribution >= 4 is 33.3 Å². The van der Waals surface area contributed by atoms with Crippen LogP contribution in [0.25, 0.3) is 0 Å². The van der Waals surface area contributed by atoms with E-state index in [9.17, 15) is 31.5 Å². The number of carboxylic acids is 2. The summed E-state index contributed by atoms with van der Waals surface area (Å²) in [5.74, 6) is -3.41. The molecule has 0 aliphatic rings. The van der Waals surface area contributed by atoms with Crippen molar-refractivity contribution in [1.29, 1.82) is 0 Å². The maximum absolute atomic E-state index is 12.8. The van der Waals surface area contributed by atoms with E-state index in [1.807, 2.05) is 35.2 Å². The van der Waals surface area contributed by atoms with Gasteiger partial charge in [0.25, 0.3) is 10.0 Å². The van der Waals surface area contributed by atoms with Crippen LogP contribution in [-0.4, -0.2) is 43.8 Å². The molecule has 0 fully saturated rings. The second-order valence-corrected chi connectivity index (χ2v) is 10.7. The zero-order chi connectivity index (χ0) is 29.4. The van der Waals surface area contributed by atoms with Gasteiger partial charge in [0, 0.05) is 19.3 Å². The molecule has 210 valence electrons. The molecule has 3 aromatic carbocycles. The summed E-state index contributed by atoms with van der Waals surface area (Å²) < 4.78 is 59.8. The van der Waals surface area contributed by atoms with Gasteiger partial charge in [-0.25, -0.2) is 18.0 Å². The Kier molecular flexibility index (Phi) is 10.5. The second kappa shape index (κ2) is 13.1. The maximum atomic E-state index is 12.8. The smallest absolute Gasteiger partial charge is 0.478 e. The monoisotopic (exact) mass is 566 g/mol. The summed E-state index contributed by atoms with van der Waals surface area (Å²) in [6, 6.07) is 21.0. The first-order valence-electron chi connectivity index (χ1n) is 11.6. The summed E-state index contributed by atoms with van der Waals surface area (Å²) in [6.45, 7) is 4.73. The first kappa shape index (κ1) is 31.2. The zero-order valence-electron chi connectivity index (χ0n) is 21.4. The Morgan fingerprint density at radius 3 is 1.97 bits per heavy atom. The van der Waals surface area contributed by atoms with Crippen molar-refractivity contribution in [2.45, 2.75) is 37.9 Å². The Balaban J connectivity index is 0.000000673. The molecular formula is C27H29F3N2O6S. The van der Waals surface area contributed by atoms with Crippen LogP contribution in [-0.2, 0) is 27.8 Å². The van der Waals surface area contributed by atoms with Crippen LogP contribution in [0.15, 0.2) is 77.7 Å². The molecule has 0 aliphatic carbocycles. The molecule has 0 saturated heterocycles. The van der Waals surface area contributed by atoms with Gasteiger partial charge in [-0.15, -0.1) is 0 Å². The van der Waals surface area contributed by atoms with Crippen molar-refractivity contribution < 1.29 is 41.4 Å². The number of sulfonamides is 1. The summed E-state index contributed by atoms with van der Waals surface area (Å²) in [5, 5.41) is 16.8. The number of aliphatic carboxylic acids is 1. The number of aromatic carboxylic acids is 1. The minimum absolute atomic E-state index is 0.0240. The van der Waals surface area contributed by atoms with E-state index >= 15 is 0 Å². The average Bonchev–Trinajstić information content (AvgIpc) is 2.84. The highest BCUT2D eigenvalue weighted by Gasteiger charge is 2.38. The normalized spacial score (nSPS) is 11.4. The number of rotatable bonds is 9. The number of hydrogen-bond acceptors (Lipinski definition) is 5. The molecule has 0 amide bonds. The molecule has 0 bridgehead atoms. The summed E-state index contributed by atoms with van der Waals surface area (Å²) in [7, 11) is -2.04. The van der Waals surface area contributed by atoms with Gasteiger partial charge < -0.3 is 15.1 Å². The highest BCUT2D eigenvalue weighted by molar-refractivity contribution is 7.92. The first-order chi connectivity index (χ1) is 18.1. The molecule has 12 heteroatoms. The van der Waals surface area contributed by atoms with Crippen LogP contribution in [0, 0.1) is 5.92 Å². The number of carboxylic acid groups (broad SMARTS) is 2. The summed E-state index contributed by atoms with van der Waals surface area (Å²) in [5.41, 5.74) is 2.83. The lowest BCUT2D eigenvalue weighted by atomic mass is 10.0. The van der Waals surface area contributed by atoms with Crippen molar-refractivity contribution in [2.24, 2.45) is 5.92 Å². The quantitative estimate of drug-likeness (QED) is 0.306. The molecule has 0 unspecified atom stereocenters. The van der Waals surface area contributed by atoms with Gasteiger partial charge in [0.2, 0.25) is 0 Å². The molecular weight excluding hydrogens is 537 g/mol. The average molecular weight is 567 g/mol. The third kappa shape index (κ3) is 9.64. The number of halogens is 3. The van der Waals surface area contributed by atoms with Gasteiger partial charge in [-0.2, -0.15) is 13.2 Å².